The van der Waals surface area contributed by atoms with Gasteiger partial charge in [-0.25, -0.2) is 9.59 Å². The van der Waals surface area contributed by atoms with Gasteiger partial charge in [-0.3, -0.25) is 0 Å². The Kier molecular flexibility index (Phi) is 8.09. The number of halogens is 2. The fraction of sp³-hybridized carbons (Fsp3) is 0.423. The van der Waals surface area contributed by atoms with Crippen molar-refractivity contribution in [1.29, 1.82) is 0 Å². The van der Waals surface area contributed by atoms with Crippen molar-refractivity contribution in [3.63, 3.8) is 0 Å². The maximum Gasteiger partial charge on any atom is 0.514 e. The lowest BCUT2D eigenvalue weighted by molar-refractivity contribution is -0.337. The zero-order valence-corrected chi connectivity index (χ0v) is 19.5. The fourth-order valence-electron chi connectivity index (χ4n) is 4.09. The number of hydrogen-bond donors (Lipinski definition) is 0. The minimum Gasteiger partial charge on any atom is -0.544 e. The number of carbonyl (C=O) groups excluding carboxylic acids is 3. The summed E-state index contributed by atoms with van der Waals surface area (Å²) >= 11 is 0. The van der Waals surface area contributed by atoms with E-state index in [9.17, 15) is 28.3 Å². The number of hydrogen-bond acceptors (Lipinski definition) is 7. The van der Waals surface area contributed by atoms with E-state index in [4.69, 9.17) is 14.2 Å². The van der Waals surface area contributed by atoms with E-state index < -0.39 is 41.6 Å². The number of esters is 1. The summed E-state index contributed by atoms with van der Waals surface area (Å²) in [6.07, 6.45) is -0.313. The third-order valence-electron chi connectivity index (χ3n) is 6.04. The van der Waals surface area contributed by atoms with Gasteiger partial charge in [0.2, 0.25) is 0 Å². The summed E-state index contributed by atoms with van der Waals surface area (Å²) in [5.74, 6) is -8.75. The molecular weight excluding hydrogens is 462 g/mol. The summed E-state index contributed by atoms with van der Waals surface area (Å²) in [6.45, 7) is 3.40. The smallest absolute Gasteiger partial charge is 0.514 e. The van der Waals surface area contributed by atoms with E-state index in [0.29, 0.717) is 25.7 Å². The zero-order valence-electron chi connectivity index (χ0n) is 19.5. The van der Waals surface area contributed by atoms with E-state index in [0.717, 1.165) is 12.0 Å². The summed E-state index contributed by atoms with van der Waals surface area (Å²) in [6, 6.07) is 14.1. The number of alkyl halides is 2. The molecule has 0 amide bonds. The van der Waals surface area contributed by atoms with Crippen LogP contribution in [0.15, 0.2) is 54.6 Å². The number of benzene rings is 2. The van der Waals surface area contributed by atoms with Crippen LogP contribution in [0.25, 0.3) is 0 Å². The molecule has 1 atom stereocenters. The Hall–Kier alpha value is -3.49. The van der Waals surface area contributed by atoms with Crippen LogP contribution in [0.4, 0.5) is 13.6 Å². The SMILES string of the molecule is CC(C)(OC(=O)Oc1ccc(C(=O)OC(C2CCCCC2)C(F)(F)C(=O)[O-])cc1)c1ccccc1. The topological polar surface area (TPSA) is 102 Å². The van der Waals surface area contributed by atoms with E-state index in [1.165, 1.54) is 24.3 Å². The van der Waals surface area contributed by atoms with Gasteiger partial charge >= 0.3 is 18.0 Å². The monoisotopic (exact) mass is 489 g/mol. The van der Waals surface area contributed by atoms with E-state index in [2.05, 4.69) is 0 Å². The predicted octanol–water partition coefficient (Wildman–Crippen LogP) is 4.63. The Morgan fingerprint density at radius 3 is 2.11 bits per heavy atom. The Balaban J connectivity index is 1.65. The Morgan fingerprint density at radius 1 is 0.943 bits per heavy atom. The zero-order chi connectivity index (χ0) is 25.6. The van der Waals surface area contributed by atoms with Gasteiger partial charge in [0.05, 0.1) is 5.56 Å². The first-order valence-electron chi connectivity index (χ1n) is 11.4. The third-order valence-corrected chi connectivity index (χ3v) is 6.04. The summed E-state index contributed by atoms with van der Waals surface area (Å²) < 4.78 is 44.2. The second-order valence-corrected chi connectivity index (χ2v) is 8.99. The van der Waals surface area contributed by atoms with Gasteiger partial charge in [-0.05, 0) is 56.5 Å². The second-order valence-electron chi connectivity index (χ2n) is 8.99. The van der Waals surface area contributed by atoms with E-state index >= 15 is 0 Å². The van der Waals surface area contributed by atoms with E-state index in [1.54, 1.807) is 26.0 Å². The van der Waals surface area contributed by atoms with Crippen LogP contribution in [0, 0.1) is 5.92 Å². The molecule has 0 heterocycles. The quantitative estimate of drug-likeness (QED) is 0.394. The van der Waals surface area contributed by atoms with Crippen molar-refractivity contribution in [2.75, 3.05) is 0 Å². The van der Waals surface area contributed by atoms with E-state index in [1.807, 2.05) is 18.2 Å². The highest BCUT2D eigenvalue weighted by Gasteiger charge is 2.48. The maximum atomic E-state index is 14.3. The molecule has 0 saturated heterocycles. The van der Waals surface area contributed by atoms with Gasteiger partial charge in [0.25, 0.3) is 0 Å². The van der Waals surface area contributed by atoms with Gasteiger partial charge in [0.1, 0.15) is 17.3 Å². The number of rotatable bonds is 8. The van der Waals surface area contributed by atoms with Crippen LogP contribution in [0.3, 0.4) is 0 Å². The molecule has 7 nitrogen and oxygen atoms in total. The highest BCUT2D eigenvalue weighted by Crippen LogP contribution is 2.36. The Labute approximate surface area is 202 Å². The molecule has 9 heteroatoms. The van der Waals surface area contributed by atoms with Crippen molar-refractivity contribution in [2.24, 2.45) is 5.92 Å². The normalized spacial score (nSPS) is 15.7. The number of ether oxygens (including phenoxy) is 3. The first-order valence-corrected chi connectivity index (χ1v) is 11.4. The summed E-state index contributed by atoms with van der Waals surface area (Å²) in [7, 11) is 0. The molecule has 0 aliphatic heterocycles. The largest absolute Gasteiger partial charge is 0.544 e. The Morgan fingerprint density at radius 2 is 1.54 bits per heavy atom. The van der Waals surface area contributed by atoms with Crippen molar-refractivity contribution in [3.8, 4) is 5.75 Å². The van der Waals surface area contributed by atoms with Crippen LogP contribution in [0.1, 0.15) is 61.9 Å². The number of carboxylic acid groups (broad SMARTS) is 1. The highest BCUT2D eigenvalue weighted by atomic mass is 19.3. The van der Waals surface area contributed by atoms with Crippen LogP contribution in [0.2, 0.25) is 0 Å². The molecular formula is C26H27F2O7-. The standard InChI is InChI=1S/C26H28F2O7/c1-25(2,19-11-7-4-8-12-19)35-24(32)33-20-15-13-18(14-16-20)22(29)34-21(26(27,28)23(30)31)17-9-5-3-6-10-17/h4,7-8,11-17,21H,3,5-6,9-10H2,1-2H3,(H,30,31)/p-1. The molecule has 1 unspecified atom stereocenters. The lowest BCUT2D eigenvalue weighted by atomic mass is 9.83. The first kappa shape index (κ1) is 26.1. The molecule has 2 aromatic rings. The first-order chi connectivity index (χ1) is 16.5. The van der Waals surface area contributed by atoms with Crippen molar-refractivity contribution in [2.45, 2.75) is 63.6 Å². The predicted molar refractivity (Wildman–Crippen MR) is 119 cm³/mol. The van der Waals surface area contributed by atoms with E-state index in [-0.39, 0.29) is 11.3 Å². The third kappa shape index (κ3) is 6.55. The minimum absolute atomic E-state index is 0.0549. The molecule has 2 aromatic carbocycles. The lowest BCUT2D eigenvalue weighted by Crippen LogP contribution is -2.54. The highest BCUT2D eigenvalue weighted by molar-refractivity contribution is 5.90. The van der Waals surface area contributed by atoms with Gasteiger partial charge in [0, 0.05) is 5.92 Å². The fourth-order valence-corrected chi connectivity index (χ4v) is 4.09. The van der Waals surface area contributed by atoms with Crippen molar-refractivity contribution < 1.29 is 42.5 Å². The van der Waals surface area contributed by atoms with Crippen LogP contribution in [-0.4, -0.2) is 30.1 Å². The molecule has 0 radical (unpaired) electrons. The van der Waals surface area contributed by atoms with Crippen LogP contribution in [0.5, 0.6) is 5.75 Å². The number of carboxylic acids is 1. The minimum atomic E-state index is -4.32. The summed E-state index contributed by atoms with van der Waals surface area (Å²) in [4.78, 5) is 35.8. The molecule has 3 rings (SSSR count). The molecule has 0 N–H and O–H groups in total. The van der Waals surface area contributed by atoms with Gasteiger partial charge in [0.15, 0.2) is 6.10 Å². The molecule has 0 aromatic heterocycles. The van der Waals surface area contributed by atoms with Crippen LogP contribution < -0.4 is 9.84 Å². The van der Waals surface area contributed by atoms with Crippen LogP contribution >= 0.6 is 0 Å². The second kappa shape index (κ2) is 10.8. The molecule has 0 spiro atoms. The molecule has 188 valence electrons. The molecule has 35 heavy (non-hydrogen) atoms. The Bertz CT molecular complexity index is 1030. The molecule has 1 aliphatic rings. The van der Waals surface area contributed by atoms with Crippen molar-refractivity contribution in [3.05, 3.63) is 65.7 Å². The number of carbonyl (C=O) groups is 3. The van der Waals surface area contributed by atoms with Gasteiger partial charge in [-0.1, -0.05) is 49.6 Å². The molecule has 0 bridgehead atoms. The average molecular weight is 489 g/mol. The van der Waals surface area contributed by atoms with Gasteiger partial charge in [-0.15, -0.1) is 0 Å². The van der Waals surface area contributed by atoms with Crippen molar-refractivity contribution >= 4 is 18.1 Å². The van der Waals surface area contributed by atoms with Crippen molar-refractivity contribution in [1.82, 2.24) is 0 Å². The maximum absolute atomic E-state index is 14.3. The van der Waals surface area contributed by atoms with Gasteiger partial charge < -0.3 is 24.1 Å². The number of aliphatic carboxylic acids is 1. The molecule has 1 saturated carbocycles. The van der Waals surface area contributed by atoms with Gasteiger partial charge in [-0.2, -0.15) is 8.78 Å². The average Bonchev–Trinajstić information content (AvgIpc) is 2.83. The lowest BCUT2D eigenvalue weighted by Gasteiger charge is -2.35. The molecule has 1 aliphatic carbocycles. The van der Waals surface area contributed by atoms with Crippen LogP contribution in [-0.2, 0) is 19.9 Å². The summed E-state index contributed by atoms with van der Waals surface area (Å²) in [5, 5.41) is 11.0. The summed E-state index contributed by atoms with van der Waals surface area (Å²) in [5.41, 5.74) is -0.304. The molecule has 1 fully saturated rings.